The van der Waals surface area contributed by atoms with Crippen LogP contribution >= 0.6 is 11.8 Å². The van der Waals surface area contributed by atoms with Crippen molar-refractivity contribution in [2.45, 2.75) is 22.6 Å². The number of hydrogen-bond donors (Lipinski definition) is 1. The molecule has 4 aromatic rings. The summed E-state index contributed by atoms with van der Waals surface area (Å²) in [7, 11) is 3.34. The fraction of sp³-hybridized carbons (Fsp3) is 0.160. The number of aromatic nitrogens is 1. The minimum atomic E-state index is 0.794. The second-order valence-electron chi connectivity index (χ2n) is 6.96. The molecule has 0 amide bonds. The molecule has 30 heavy (non-hydrogen) atoms. The number of aryl methyl sites for hydroxylation is 2. The third-order valence-corrected chi connectivity index (χ3v) is 6.14. The Morgan fingerprint density at radius 2 is 1.70 bits per heavy atom. The van der Waals surface area contributed by atoms with Crippen LogP contribution in [0.2, 0.25) is 0 Å². The van der Waals surface area contributed by atoms with E-state index in [1.807, 2.05) is 42.6 Å². The molecule has 2 N–H and O–H groups in total. The van der Waals surface area contributed by atoms with Crippen LogP contribution in [-0.2, 0) is 12.8 Å². The van der Waals surface area contributed by atoms with Crippen LogP contribution in [0.4, 0.5) is 5.69 Å². The zero-order chi connectivity index (χ0) is 20.9. The van der Waals surface area contributed by atoms with Gasteiger partial charge in [-0.2, -0.15) is 0 Å². The van der Waals surface area contributed by atoms with Crippen LogP contribution in [0.25, 0.3) is 10.8 Å². The first kappa shape index (κ1) is 20.1. The second-order valence-corrected chi connectivity index (χ2v) is 8.08. The van der Waals surface area contributed by atoms with Crippen molar-refractivity contribution in [2.24, 2.45) is 0 Å². The average Bonchev–Trinajstić information content (AvgIpc) is 2.80. The lowest BCUT2D eigenvalue weighted by molar-refractivity contribution is 0.391. The van der Waals surface area contributed by atoms with E-state index in [2.05, 4.69) is 35.3 Å². The molecule has 5 heteroatoms. The molecule has 0 spiro atoms. The van der Waals surface area contributed by atoms with Gasteiger partial charge in [-0.3, -0.25) is 4.98 Å². The molecule has 0 bridgehead atoms. The van der Waals surface area contributed by atoms with Crippen molar-refractivity contribution in [1.29, 1.82) is 0 Å². The molecule has 0 aliphatic rings. The monoisotopic (exact) mass is 416 g/mol. The molecule has 152 valence electrons. The molecule has 0 aliphatic carbocycles. The fourth-order valence-electron chi connectivity index (χ4n) is 3.49. The van der Waals surface area contributed by atoms with Gasteiger partial charge in [-0.15, -0.1) is 0 Å². The van der Waals surface area contributed by atoms with Crippen molar-refractivity contribution in [2.75, 3.05) is 20.0 Å². The van der Waals surface area contributed by atoms with E-state index in [0.29, 0.717) is 0 Å². The Bertz CT molecular complexity index is 1180. The highest BCUT2D eigenvalue weighted by Crippen LogP contribution is 2.36. The number of benzene rings is 3. The summed E-state index contributed by atoms with van der Waals surface area (Å²) in [6.07, 6.45) is 3.56. The van der Waals surface area contributed by atoms with Gasteiger partial charge in [-0.1, -0.05) is 42.1 Å². The van der Waals surface area contributed by atoms with Crippen molar-refractivity contribution in [1.82, 2.24) is 4.98 Å². The van der Waals surface area contributed by atoms with Crippen LogP contribution in [0, 0.1) is 0 Å². The third-order valence-electron chi connectivity index (χ3n) is 5.08. The molecule has 0 unspecified atom stereocenters. The number of anilines is 1. The minimum absolute atomic E-state index is 0.794. The molecule has 1 aromatic heterocycles. The molecule has 3 aromatic carbocycles. The summed E-state index contributed by atoms with van der Waals surface area (Å²) < 4.78 is 10.8. The number of methoxy groups -OCH3 is 2. The summed E-state index contributed by atoms with van der Waals surface area (Å²) in [6, 6.07) is 22.5. The molecule has 0 fully saturated rings. The highest BCUT2D eigenvalue weighted by molar-refractivity contribution is 7.99. The average molecular weight is 417 g/mol. The quantitative estimate of drug-likeness (QED) is 0.388. The number of nitrogen functional groups attached to an aromatic ring is 1. The van der Waals surface area contributed by atoms with E-state index in [1.54, 1.807) is 26.0 Å². The summed E-state index contributed by atoms with van der Waals surface area (Å²) in [5.74, 6) is 1.64. The van der Waals surface area contributed by atoms with Crippen molar-refractivity contribution in [3.63, 3.8) is 0 Å². The first-order chi connectivity index (χ1) is 14.7. The van der Waals surface area contributed by atoms with Gasteiger partial charge >= 0.3 is 0 Å². The van der Waals surface area contributed by atoms with Crippen molar-refractivity contribution < 1.29 is 9.47 Å². The smallest absolute Gasteiger partial charge is 0.125 e. The zero-order valence-corrected chi connectivity index (χ0v) is 17.9. The van der Waals surface area contributed by atoms with E-state index >= 15 is 0 Å². The van der Waals surface area contributed by atoms with Gasteiger partial charge in [-0.05, 0) is 54.1 Å². The molecule has 1 heterocycles. The molecular weight excluding hydrogens is 392 g/mol. The fourth-order valence-corrected chi connectivity index (χ4v) is 4.49. The van der Waals surface area contributed by atoms with E-state index in [-0.39, 0.29) is 0 Å². The van der Waals surface area contributed by atoms with Crippen LogP contribution in [-0.4, -0.2) is 19.2 Å². The molecular formula is C25H24N2O2S. The highest BCUT2D eigenvalue weighted by atomic mass is 32.2. The van der Waals surface area contributed by atoms with Gasteiger partial charge in [0.2, 0.25) is 0 Å². The summed E-state index contributed by atoms with van der Waals surface area (Å²) in [4.78, 5) is 6.92. The van der Waals surface area contributed by atoms with Crippen LogP contribution in [0.15, 0.2) is 82.7 Å². The summed E-state index contributed by atoms with van der Waals surface area (Å²) in [5.41, 5.74) is 9.14. The van der Waals surface area contributed by atoms with E-state index in [4.69, 9.17) is 15.2 Å². The number of fused-ring (bicyclic) bond motifs is 1. The number of pyridine rings is 1. The lowest BCUT2D eigenvalue weighted by Gasteiger charge is -2.11. The Labute approximate surface area is 181 Å². The first-order valence-electron chi connectivity index (χ1n) is 9.79. The van der Waals surface area contributed by atoms with Crippen LogP contribution < -0.4 is 15.2 Å². The van der Waals surface area contributed by atoms with Gasteiger partial charge in [0.1, 0.15) is 11.5 Å². The van der Waals surface area contributed by atoms with Gasteiger partial charge in [0.15, 0.2) is 0 Å². The Balaban J connectivity index is 1.52. The van der Waals surface area contributed by atoms with E-state index < -0.39 is 0 Å². The summed E-state index contributed by atoms with van der Waals surface area (Å²) >= 11 is 1.74. The number of hydrogen-bond acceptors (Lipinski definition) is 5. The largest absolute Gasteiger partial charge is 0.497 e. The number of rotatable bonds is 7. The molecule has 0 saturated heterocycles. The Morgan fingerprint density at radius 1 is 0.867 bits per heavy atom. The molecule has 0 aliphatic heterocycles. The summed E-state index contributed by atoms with van der Waals surface area (Å²) in [5, 5.41) is 2.26. The highest BCUT2D eigenvalue weighted by Gasteiger charge is 2.09. The predicted octanol–water partition coefficient (Wildman–Crippen LogP) is 5.77. The second kappa shape index (κ2) is 9.09. The van der Waals surface area contributed by atoms with Gasteiger partial charge < -0.3 is 15.2 Å². The van der Waals surface area contributed by atoms with Gasteiger partial charge in [0.05, 0.1) is 14.2 Å². The van der Waals surface area contributed by atoms with Gasteiger partial charge in [-0.25, -0.2) is 0 Å². The van der Waals surface area contributed by atoms with Crippen LogP contribution in [0.3, 0.4) is 0 Å². The van der Waals surface area contributed by atoms with E-state index in [1.165, 1.54) is 10.3 Å². The maximum Gasteiger partial charge on any atom is 0.125 e. The number of ether oxygens (including phenoxy) is 2. The number of nitrogens with two attached hydrogens (primary N) is 1. The maximum absolute atomic E-state index is 6.14. The standard InChI is InChI=1S/C25H24N2O2S/c1-28-19-10-8-17(24(16-19)29-2)7-9-18-15-20(13-14-27-18)30-25-12-11-23(26)21-5-3-4-6-22(21)25/h3-6,8,10-16H,7,9,26H2,1-2H3. The van der Waals surface area contributed by atoms with Crippen molar-refractivity contribution in [3.8, 4) is 11.5 Å². The molecule has 0 atom stereocenters. The summed E-state index contributed by atoms with van der Waals surface area (Å²) in [6.45, 7) is 0. The van der Waals surface area contributed by atoms with Crippen LogP contribution in [0.5, 0.6) is 11.5 Å². The first-order valence-corrected chi connectivity index (χ1v) is 10.6. The molecule has 4 rings (SSSR count). The van der Waals surface area contributed by atoms with Crippen molar-refractivity contribution >= 4 is 28.2 Å². The lowest BCUT2D eigenvalue weighted by Crippen LogP contribution is -1.98. The van der Waals surface area contributed by atoms with Crippen molar-refractivity contribution in [3.05, 3.63) is 84.2 Å². The maximum atomic E-state index is 6.14. The Kier molecular flexibility index (Phi) is 6.10. The lowest BCUT2D eigenvalue weighted by atomic mass is 10.1. The van der Waals surface area contributed by atoms with E-state index in [0.717, 1.165) is 51.6 Å². The van der Waals surface area contributed by atoms with Gasteiger partial charge in [0, 0.05) is 38.8 Å². The molecule has 0 radical (unpaired) electrons. The van der Waals surface area contributed by atoms with Gasteiger partial charge in [0.25, 0.3) is 0 Å². The topological polar surface area (TPSA) is 57.4 Å². The predicted molar refractivity (Wildman–Crippen MR) is 124 cm³/mol. The Hall–Kier alpha value is -3.18. The molecule has 4 nitrogen and oxygen atoms in total. The zero-order valence-electron chi connectivity index (χ0n) is 17.1. The normalized spacial score (nSPS) is 10.9. The number of nitrogens with zero attached hydrogens (tertiary/aromatic N) is 1. The third kappa shape index (κ3) is 4.36. The molecule has 0 saturated carbocycles. The minimum Gasteiger partial charge on any atom is -0.497 e. The Morgan fingerprint density at radius 3 is 2.50 bits per heavy atom. The SMILES string of the molecule is COc1ccc(CCc2cc(Sc3ccc(N)c4ccccc34)ccn2)c(OC)c1. The van der Waals surface area contributed by atoms with E-state index in [9.17, 15) is 0 Å². The van der Waals surface area contributed by atoms with Crippen LogP contribution in [0.1, 0.15) is 11.3 Å².